The second kappa shape index (κ2) is 5.62. The van der Waals surface area contributed by atoms with Gasteiger partial charge in [0.05, 0.1) is 0 Å². The van der Waals surface area contributed by atoms with Crippen molar-refractivity contribution in [1.82, 2.24) is 9.47 Å². The van der Waals surface area contributed by atoms with Gasteiger partial charge in [0.1, 0.15) is 13.1 Å². The summed E-state index contributed by atoms with van der Waals surface area (Å²) in [7, 11) is 1.37. The topological polar surface area (TPSA) is 79.6 Å². The van der Waals surface area contributed by atoms with Crippen LogP contribution in [-0.4, -0.2) is 40.0 Å². The molecular weight excluding hydrogens is 292 g/mol. The molecule has 1 heterocycles. The van der Waals surface area contributed by atoms with E-state index >= 15 is 0 Å². The van der Waals surface area contributed by atoms with Crippen molar-refractivity contribution in [3.63, 3.8) is 0 Å². The predicted octanol–water partition coefficient (Wildman–Crippen LogP) is 0.154. The van der Waals surface area contributed by atoms with Gasteiger partial charge in [-0.05, 0) is 22.0 Å². The smallest absolute Gasteiger partial charge is 0.323 e. The molecule has 0 saturated heterocycles. The van der Waals surface area contributed by atoms with Crippen molar-refractivity contribution >= 4 is 27.8 Å². The number of carboxylic acids is 1. The summed E-state index contributed by atoms with van der Waals surface area (Å²) in [6.07, 6.45) is 1.48. The number of carbonyl (C=O) groups is 2. The van der Waals surface area contributed by atoms with Crippen molar-refractivity contribution in [2.45, 2.75) is 6.54 Å². The van der Waals surface area contributed by atoms with Gasteiger partial charge in [0.15, 0.2) is 0 Å². The molecule has 0 radical (unpaired) electrons. The Hall–Kier alpha value is -1.63. The van der Waals surface area contributed by atoms with Gasteiger partial charge in [-0.3, -0.25) is 14.4 Å². The monoisotopic (exact) mass is 302 g/mol. The molecule has 0 aliphatic rings. The number of hydrogen-bond donors (Lipinski definition) is 1. The van der Waals surface area contributed by atoms with Crippen molar-refractivity contribution in [2.75, 3.05) is 13.6 Å². The molecular formula is C10H11BrN2O4. The van der Waals surface area contributed by atoms with E-state index in [0.29, 0.717) is 4.47 Å². The van der Waals surface area contributed by atoms with E-state index in [-0.39, 0.29) is 18.6 Å². The van der Waals surface area contributed by atoms with Gasteiger partial charge in [0.2, 0.25) is 5.91 Å². The lowest BCUT2D eigenvalue weighted by Crippen LogP contribution is -2.36. The van der Waals surface area contributed by atoms with Crippen LogP contribution in [0.1, 0.15) is 0 Å². The molecule has 6 nitrogen and oxygen atoms in total. The van der Waals surface area contributed by atoms with Crippen LogP contribution in [0.5, 0.6) is 0 Å². The first kappa shape index (κ1) is 13.4. The zero-order valence-corrected chi connectivity index (χ0v) is 10.7. The second-order valence-electron chi connectivity index (χ2n) is 3.46. The number of halogens is 1. The minimum absolute atomic E-state index is 0.179. The minimum Gasteiger partial charge on any atom is -0.480 e. The quantitative estimate of drug-likeness (QED) is 0.859. The maximum Gasteiger partial charge on any atom is 0.323 e. The van der Waals surface area contributed by atoms with E-state index < -0.39 is 11.9 Å². The van der Waals surface area contributed by atoms with Gasteiger partial charge >= 0.3 is 5.97 Å². The molecule has 1 N–H and O–H groups in total. The van der Waals surface area contributed by atoms with Gasteiger partial charge in [-0.1, -0.05) is 0 Å². The molecule has 0 aromatic carbocycles. The van der Waals surface area contributed by atoms with Crippen LogP contribution >= 0.6 is 15.9 Å². The largest absolute Gasteiger partial charge is 0.480 e. The van der Waals surface area contributed by atoms with Crippen LogP contribution in [0.4, 0.5) is 0 Å². The Morgan fingerprint density at radius 3 is 2.71 bits per heavy atom. The minimum atomic E-state index is -1.09. The van der Waals surface area contributed by atoms with E-state index in [2.05, 4.69) is 15.9 Å². The normalized spacial score (nSPS) is 10.0. The number of carboxylic acid groups (broad SMARTS) is 1. The molecule has 0 bridgehead atoms. The van der Waals surface area contributed by atoms with E-state index in [1.807, 2.05) is 0 Å². The predicted molar refractivity (Wildman–Crippen MR) is 63.7 cm³/mol. The molecule has 0 spiro atoms. The number of carbonyl (C=O) groups excluding carboxylic acids is 1. The lowest BCUT2D eigenvalue weighted by Gasteiger charge is -2.15. The summed E-state index contributed by atoms with van der Waals surface area (Å²) >= 11 is 3.18. The highest BCUT2D eigenvalue weighted by atomic mass is 79.9. The van der Waals surface area contributed by atoms with Gasteiger partial charge in [0, 0.05) is 23.8 Å². The Morgan fingerprint density at radius 1 is 1.47 bits per heavy atom. The molecule has 0 aliphatic heterocycles. The molecule has 1 aromatic heterocycles. The fourth-order valence-electron chi connectivity index (χ4n) is 1.18. The average Bonchev–Trinajstić information content (AvgIpc) is 2.22. The molecule has 0 fully saturated rings. The maximum absolute atomic E-state index is 11.6. The molecule has 17 heavy (non-hydrogen) atoms. The summed E-state index contributed by atoms with van der Waals surface area (Å²) in [4.78, 5) is 34.5. The molecule has 0 atom stereocenters. The number of nitrogens with zero attached hydrogens (tertiary/aromatic N) is 2. The lowest BCUT2D eigenvalue weighted by molar-refractivity contribution is -0.143. The van der Waals surface area contributed by atoms with Crippen LogP contribution < -0.4 is 5.56 Å². The SMILES string of the molecule is CN(CC(=O)O)C(=O)Cn1cc(Br)ccc1=O. The van der Waals surface area contributed by atoms with Crippen LogP contribution in [0, 0.1) is 0 Å². The summed E-state index contributed by atoms with van der Waals surface area (Å²) in [5, 5.41) is 8.53. The van der Waals surface area contributed by atoms with Crippen LogP contribution in [0.3, 0.4) is 0 Å². The summed E-state index contributed by atoms with van der Waals surface area (Å²) in [5.74, 6) is -1.53. The Balaban J connectivity index is 2.77. The van der Waals surface area contributed by atoms with Gasteiger partial charge in [-0.15, -0.1) is 0 Å². The average molecular weight is 303 g/mol. The maximum atomic E-state index is 11.6. The van der Waals surface area contributed by atoms with E-state index in [0.717, 1.165) is 4.90 Å². The Morgan fingerprint density at radius 2 is 2.12 bits per heavy atom. The highest BCUT2D eigenvalue weighted by Crippen LogP contribution is 2.04. The Kier molecular flexibility index (Phi) is 4.45. The van der Waals surface area contributed by atoms with Gasteiger partial charge in [-0.25, -0.2) is 0 Å². The third kappa shape index (κ3) is 4.03. The van der Waals surface area contributed by atoms with Gasteiger partial charge in [-0.2, -0.15) is 0 Å². The number of pyridine rings is 1. The standard InChI is InChI=1S/C10H11BrN2O4/c1-12(6-10(16)17)9(15)5-13-4-7(11)2-3-8(13)14/h2-4H,5-6H2,1H3,(H,16,17). The molecule has 7 heteroatoms. The lowest BCUT2D eigenvalue weighted by atomic mass is 10.4. The molecule has 1 rings (SSSR count). The number of rotatable bonds is 4. The molecule has 1 aromatic rings. The molecule has 0 saturated carbocycles. The summed E-state index contributed by atoms with van der Waals surface area (Å²) in [5.41, 5.74) is -0.315. The van der Waals surface area contributed by atoms with Crippen LogP contribution in [0.15, 0.2) is 27.6 Å². The first-order chi connectivity index (χ1) is 7.90. The van der Waals surface area contributed by atoms with Gasteiger partial charge in [0.25, 0.3) is 5.56 Å². The van der Waals surface area contributed by atoms with E-state index in [1.54, 1.807) is 6.07 Å². The Labute approximate surface area is 106 Å². The van der Waals surface area contributed by atoms with Crippen molar-refractivity contribution < 1.29 is 14.7 Å². The fourth-order valence-corrected chi connectivity index (χ4v) is 1.56. The van der Waals surface area contributed by atoms with Gasteiger partial charge < -0.3 is 14.6 Å². The first-order valence-electron chi connectivity index (χ1n) is 4.72. The van der Waals surface area contributed by atoms with Crippen molar-refractivity contribution in [3.05, 3.63) is 33.2 Å². The number of aliphatic carboxylic acids is 1. The van der Waals surface area contributed by atoms with Crippen LogP contribution in [-0.2, 0) is 16.1 Å². The van der Waals surface area contributed by atoms with Crippen molar-refractivity contribution in [1.29, 1.82) is 0 Å². The zero-order chi connectivity index (χ0) is 13.0. The first-order valence-corrected chi connectivity index (χ1v) is 5.51. The summed E-state index contributed by atoms with van der Waals surface area (Å²) < 4.78 is 1.89. The summed E-state index contributed by atoms with van der Waals surface area (Å²) in [6, 6.07) is 2.90. The second-order valence-corrected chi connectivity index (χ2v) is 4.37. The number of aromatic nitrogens is 1. The molecule has 1 amide bonds. The van der Waals surface area contributed by atoms with Crippen LogP contribution in [0.25, 0.3) is 0 Å². The molecule has 0 aliphatic carbocycles. The Bertz CT molecular complexity index is 497. The fraction of sp³-hybridized carbons (Fsp3) is 0.300. The zero-order valence-electron chi connectivity index (χ0n) is 9.09. The highest BCUT2D eigenvalue weighted by molar-refractivity contribution is 9.10. The van der Waals surface area contributed by atoms with Crippen molar-refractivity contribution in [2.24, 2.45) is 0 Å². The number of hydrogen-bond acceptors (Lipinski definition) is 3. The van der Waals surface area contributed by atoms with E-state index in [1.165, 1.54) is 23.9 Å². The third-order valence-corrected chi connectivity index (χ3v) is 2.52. The summed E-state index contributed by atoms with van der Waals surface area (Å²) in [6.45, 7) is -0.566. The van der Waals surface area contributed by atoms with E-state index in [9.17, 15) is 14.4 Å². The van der Waals surface area contributed by atoms with Crippen molar-refractivity contribution in [3.8, 4) is 0 Å². The molecule has 92 valence electrons. The number of likely N-dealkylation sites (N-methyl/N-ethyl adjacent to an activating group) is 1. The van der Waals surface area contributed by atoms with E-state index in [4.69, 9.17) is 5.11 Å². The number of amides is 1. The molecule has 0 unspecified atom stereocenters. The third-order valence-electron chi connectivity index (χ3n) is 2.05. The highest BCUT2D eigenvalue weighted by Gasteiger charge is 2.13. The van der Waals surface area contributed by atoms with Crippen LogP contribution in [0.2, 0.25) is 0 Å².